The van der Waals surface area contributed by atoms with E-state index in [1.807, 2.05) is 11.9 Å². The lowest BCUT2D eigenvalue weighted by molar-refractivity contribution is 0.141. The van der Waals surface area contributed by atoms with E-state index in [1.54, 1.807) is 12.3 Å². The average molecular weight is 123 g/mol. The number of hydrogen-bond acceptors (Lipinski definition) is 2. The predicted octanol–water partition coefficient (Wildman–Crippen LogP) is -0.190. The molecule has 2 heteroatoms. The fourth-order valence-electron chi connectivity index (χ4n) is 0.830. The van der Waals surface area contributed by atoms with Crippen LogP contribution in [0.1, 0.15) is 0 Å². The fraction of sp³-hybridized carbons (Fsp3) is 0.429. The van der Waals surface area contributed by atoms with Crippen molar-refractivity contribution in [3.63, 3.8) is 0 Å². The quantitative estimate of drug-likeness (QED) is 0.451. The molecular weight excluding hydrogens is 114 g/mol. The molecule has 1 rings (SSSR count). The highest BCUT2D eigenvalue weighted by Crippen LogP contribution is 2.13. The smallest absolute Gasteiger partial charge is 0.162 e. The van der Waals surface area contributed by atoms with Gasteiger partial charge in [0.2, 0.25) is 0 Å². The third-order valence-corrected chi connectivity index (χ3v) is 1.35. The molecule has 0 bridgehead atoms. The lowest BCUT2D eigenvalue weighted by atomic mass is 10.1. The molecule has 48 valence electrons. The van der Waals surface area contributed by atoms with E-state index in [1.165, 1.54) is 0 Å². The van der Waals surface area contributed by atoms with Gasteiger partial charge < -0.3 is 10.0 Å². The van der Waals surface area contributed by atoms with Crippen LogP contribution in [0.5, 0.6) is 0 Å². The summed E-state index contributed by atoms with van der Waals surface area (Å²) in [6.45, 7) is 0.503. The molecule has 1 aliphatic rings. The summed E-state index contributed by atoms with van der Waals surface area (Å²) in [6, 6.07) is 0. The van der Waals surface area contributed by atoms with Crippen molar-refractivity contribution in [2.24, 2.45) is 0 Å². The van der Waals surface area contributed by atoms with Crippen molar-refractivity contribution in [3.05, 3.63) is 12.3 Å². The Morgan fingerprint density at radius 1 is 1.89 bits per heavy atom. The Labute approximate surface area is 54.8 Å². The van der Waals surface area contributed by atoms with Crippen molar-refractivity contribution in [2.45, 2.75) is 5.60 Å². The van der Waals surface area contributed by atoms with Gasteiger partial charge in [0.25, 0.3) is 0 Å². The molecular formula is C7H9NO. The molecule has 0 unspecified atom stereocenters. The molecule has 0 spiro atoms. The first-order valence-corrected chi connectivity index (χ1v) is 2.76. The molecule has 1 heterocycles. The molecule has 0 saturated heterocycles. The molecule has 1 atom stereocenters. The van der Waals surface area contributed by atoms with Crippen molar-refractivity contribution in [1.29, 1.82) is 0 Å². The van der Waals surface area contributed by atoms with Gasteiger partial charge in [0.15, 0.2) is 5.60 Å². The maximum atomic E-state index is 9.31. The summed E-state index contributed by atoms with van der Waals surface area (Å²) in [5.74, 6) is 2.30. The number of rotatable bonds is 0. The second kappa shape index (κ2) is 1.78. The normalized spacial score (nSPS) is 32.8. The van der Waals surface area contributed by atoms with E-state index in [0.29, 0.717) is 6.54 Å². The minimum atomic E-state index is -1.02. The summed E-state index contributed by atoms with van der Waals surface area (Å²) in [7, 11) is 1.87. The zero-order chi connectivity index (χ0) is 6.91. The molecule has 2 nitrogen and oxygen atoms in total. The maximum absolute atomic E-state index is 9.31. The lowest BCUT2D eigenvalue weighted by Crippen LogP contribution is -2.30. The largest absolute Gasteiger partial charge is 0.376 e. The summed E-state index contributed by atoms with van der Waals surface area (Å²) in [5, 5.41) is 9.31. The number of hydrogen-bond donors (Lipinski definition) is 1. The zero-order valence-electron chi connectivity index (χ0n) is 5.33. The topological polar surface area (TPSA) is 23.5 Å². The summed E-state index contributed by atoms with van der Waals surface area (Å²) in [6.07, 6.45) is 8.45. The van der Waals surface area contributed by atoms with Crippen LogP contribution in [-0.2, 0) is 0 Å². The van der Waals surface area contributed by atoms with Crippen LogP contribution in [-0.4, -0.2) is 29.2 Å². The number of terminal acetylenes is 1. The molecule has 0 aromatic heterocycles. The van der Waals surface area contributed by atoms with Gasteiger partial charge in [0, 0.05) is 7.05 Å². The minimum absolute atomic E-state index is 0.503. The fourth-order valence-corrected chi connectivity index (χ4v) is 0.830. The van der Waals surface area contributed by atoms with Crippen molar-refractivity contribution in [1.82, 2.24) is 4.90 Å². The summed E-state index contributed by atoms with van der Waals surface area (Å²) < 4.78 is 0. The van der Waals surface area contributed by atoms with Gasteiger partial charge in [-0.15, -0.1) is 6.42 Å². The summed E-state index contributed by atoms with van der Waals surface area (Å²) in [5.41, 5.74) is -1.02. The minimum Gasteiger partial charge on any atom is -0.376 e. The average Bonchev–Trinajstić information content (AvgIpc) is 2.13. The molecule has 0 saturated carbocycles. The molecule has 9 heavy (non-hydrogen) atoms. The maximum Gasteiger partial charge on any atom is 0.162 e. The van der Waals surface area contributed by atoms with Gasteiger partial charge in [-0.3, -0.25) is 0 Å². The number of nitrogens with zero attached hydrogens (tertiary/aromatic N) is 1. The van der Waals surface area contributed by atoms with Crippen LogP contribution in [0.25, 0.3) is 0 Å². The molecule has 1 aliphatic heterocycles. The predicted molar refractivity (Wildman–Crippen MR) is 35.6 cm³/mol. The highest BCUT2D eigenvalue weighted by molar-refractivity contribution is 5.23. The molecule has 0 fully saturated rings. The second-order valence-corrected chi connectivity index (χ2v) is 2.30. The molecule has 0 amide bonds. The van der Waals surface area contributed by atoms with Crippen molar-refractivity contribution in [2.75, 3.05) is 13.6 Å². The highest BCUT2D eigenvalue weighted by Gasteiger charge is 2.25. The Morgan fingerprint density at radius 3 is 2.78 bits per heavy atom. The second-order valence-electron chi connectivity index (χ2n) is 2.30. The molecule has 0 aliphatic carbocycles. The van der Waals surface area contributed by atoms with Gasteiger partial charge in [-0.05, 0) is 12.3 Å². The summed E-state index contributed by atoms with van der Waals surface area (Å²) in [4.78, 5) is 1.85. The van der Waals surface area contributed by atoms with Crippen LogP contribution >= 0.6 is 0 Å². The van der Waals surface area contributed by atoms with E-state index in [-0.39, 0.29) is 0 Å². The van der Waals surface area contributed by atoms with Crippen LogP contribution in [0, 0.1) is 12.3 Å². The SMILES string of the molecule is C#C[C@@]1(O)C=CN(C)C1. The van der Waals surface area contributed by atoms with Gasteiger partial charge in [0.1, 0.15) is 0 Å². The first kappa shape index (κ1) is 6.18. The van der Waals surface area contributed by atoms with Crippen LogP contribution in [0.15, 0.2) is 12.3 Å². The number of β-amino-alcohol motifs (C(OH)–C–C–N with tert-alkyl or cyclic N) is 1. The van der Waals surface area contributed by atoms with Crippen LogP contribution in [0.3, 0.4) is 0 Å². The van der Waals surface area contributed by atoms with Crippen LogP contribution in [0.4, 0.5) is 0 Å². The standard InChI is InChI=1S/C7H9NO/c1-3-7(9)4-5-8(2)6-7/h1,4-5,9H,6H2,2H3/t7-/m1/s1. The van der Waals surface area contributed by atoms with Crippen molar-refractivity contribution in [3.8, 4) is 12.3 Å². The number of aliphatic hydroxyl groups is 1. The summed E-state index contributed by atoms with van der Waals surface area (Å²) >= 11 is 0. The Morgan fingerprint density at radius 2 is 2.56 bits per heavy atom. The lowest BCUT2D eigenvalue weighted by Gasteiger charge is -2.14. The van der Waals surface area contributed by atoms with Crippen LogP contribution in [0.2, 0.25) is 0 Å². The Bertz CT molecular complexity index is 180. The first-order chi connectivity index (χ1) is 4.16. The Kier molecular flexibility index (Phi) is 1.22. The Hall–Kier alpha value is -0.940. The van der Waals surface area contributed by atoms with E-state index in [4.69, 9.17) is 6.42 Å². The van der Waals surface area contributed by atoms with Crippen molar-refractivity contribution < 1.29 is 5.11 Å². The van der Waals surface area contributed by atoms with Gasteiger partial charge in [-0.1, -0.05) is 5.92 Å². The highest BCUT2D eigenvalue weighted by atomic mass is 16.3. The van der Waals surface area contributed by atoms with Crippen LogP contribution < -0.4 is 0 Å². The third kappa shape index (κ3) is 1.06. The van der Waals surface area contributed by atoms with Gasteiger partial charge in [-0.25, -0.2) is 0 Å². The molecule has 0 radical (unpaired) electrons. The molecule has 0 aromatic carbocycles. The van der Waals surface area contributed by atoms with E-state index < -0.39 is 5.60 Å². The van der Waals surface area contributed by atoms with E-state index in [9.17, 15) is 5.11 Å². The molecule has 0 aromatic rings. The number of likely N-dealkylation sites (N-methyl/N-ethyl adjacent to an activating group) is 1. The van der Waals surface area contributed by atoms with Gasteiger partial charge in [-0.2, -0.15) is 0 Å². The Balaban J connectivity index is 2.71. The van der Waals surface area contributed by atoms with Gasteiger partial charge >= 0.3 is 0 Å². The van der Waals surface area contributed by atoms with Crippen molar-refractivity contribution >= 4 is 0 Å². The monoisotopic (exact) mass is 123 g/mol. The first-order valence-electron chi connectivity index (χ1n) is 2.76. The van der Waals surface area contributed by atoms with E-state index >= 15 is 0 Å². The zero-order valence-corrected chi connectivity index (χ0v) is 5.33. The molecule has 1 N–H and O–H groups in total. The van der Waals surface area contributed by atoms with E-state index in [0.717, 1.165) is 0 Å². The van der Waals surface area contributed by atoms with Gasteiger partial charge in [0.05, 0.1) is 6.54 Å². The van der Waals surface area contributed by atoms with E-state index in [2.05, 4.69) is 5.92 Å². The third-order valence-electron chi connectivity index (χ3n) is 1.35.